The fourth-order valence-corrected chi connectivity index (χ4v) is 3.40. The van der Waals surface area contributed by atoms with Crippen LogP contribution < -0.4 is 14.4 Å². The molecule has 0 radical (unpaired) electrons. The van der Waals surface area contributed by atoms with Crippen LogP contribution in [0.15, 0.2) is 35.7 Å². The molecule has 1 atom stereocenters. The van der Waals surface area contributed by atoms with E-state index < -0.39 is 12.0 Å². The second kappa shape index (κ2) is 9.77. The summed E-state index contributed by atoms with van der Waals surface area (Å²) >= 11 is 1.56. The van der Waals surface area contributed by atoms with Gasteiger partial charge in [0, 0.05) is 16.6 Å². The number of anilines is 1. The predicted molar refractivity (Wildman–Crippen MR) is 110 cm³/mol. The number of ether oxygens (including phenoxy) is 2. The van der Waals surface area contributed by atoms with Gasteiger partial charge in [0.15, 0.2) is 11.5 Å². The molecule has 152 valence electrons. The van der Waals surface area contributed by atoms with Crippen molar-refractivity contribution in [1.29, 1.82) is 0 Å². The first-order valence-electron chi connectivity index (χ1n) is 8.61. The lowest BCUT2D eigenvalue weighted by molar-refractivity contribution is -0.142. The smallest absolute Gasteiger partial charge is 0.320 e. The van der Waals surface area contributed by atoms with Crippen LogP contribution in [-0.4, -0.2) is 54.7 Å². The van der Waals surface area contributed by atoms with Crippen molar-refractivity contribution in [2.75, 3.05) is 31.7 Å². The number of likely N-dealkylation sites (N-methyl/N-ethyl adjacent to an activating group) is 1. The Morgan fingerprint density at radius 3 is 2.57 bits per heavy atom. The van der Waals surface area contributed by atoms with Gasteiger partial charge in [0.1, 0.15) is 19.3 Å². The summed E-state index contributed by atoms with van der Waals surface area (Å²) in [6.45, 7) is 2.93. The van der Waals surface area contributed by atoms with Crippen LogP contribution in [0.2, 0.25) is 0 Å². The Morgan fingerprint density at radius 1 is 1.21 bits per heavy atom. The lowest BCUT2D eigenvalue weighted by atomic mass is 10.2. The number of benzene rings is 1. The molecule has 0 bridgehead atoms. The Kier molecular flexibility index (Phi) is 7.68. The van der Waals surface area contributed by atoms with E-state index in [2.05, 4.69) is 0 Å². The van der Waals surface area contributed by atoms with Crippen molar-refractivity contribution < 1.29 is 24.2 Å². The van der Waals surface area contributed by atoms with Crippen LogP contribution in [0.1, 0.15) is 11.8 Å². The minimum Gasteiger partial charge on any atom is -0.486 e. The molecule has 0 aliphatic carbocycles. The number of nitrogens with zero attached hydrogens (tertiary/aromatic N) is 2. The maximum absolute atomic E-state index is 13.0. The average molecular weight is 427 g/mol. The van der Waals surface area contributed by atoms with E-state index in [4.69, 9.17) is 14.6 Å². The van der Waals surface area contributed by atoms with Crippen molar-refractivity contribution in [2.24, 2.45) is 0 Å². The third kappa shape index (κ3) is 5.15. The van der Waals surface area contributed by atoms with Crippen molar-refractivity contribution in [1.82, 2.24) is 4.90 Å². The topological polar surface area (TPSA) is 79.3 Å². The highest BCUT2D eigenvalue weighted by Crippen LogP contribution is 2.34. The Morgan fingerprint density at radius 2 is 1.93 bits per heavy atom. The van der Waals surface area contributed by atoms with E-state index in [0.29, 0.717) is 36.9 Å². The number of aliphatic carboxylic acids is 1. The number of carbonyl (C=O) groups excluding carboxylic acids is 1. The van der Waals surface area contributed by atoms with Gasteiger partial charge in [-0.1, -0.05) is 6.07 Å². The molecule has 9 heteroatoms. The van der Waals surface area contributed by atoms with Crippen LogP contribution in [-0.2, 0) is 16.1 Å². The number of halogens is 1. The number of hydrogen-bond acceptors (Lipinski definition) is 6. The molecule has 0 saturated heterocycles. The Bertz CT molecular complexity index is 815. The minimum atomic E-state index is -0.963. The molecule has 1 amide bonds. The highest BCUT2D eigenvalue weighted by atomic mass is 35.5. The van der Waals surface area contributed by atoms with Gasteiger partial charge < -0.3 is 19.5 Å². The quantitative estimate of drug-likeness (QED) is 0.733. The van der Waals surface area contributed by atoms with E-state index in [1.165, 1.54) is 4.90 Å². The summed E-state index contributed by atoms with van der Waals surface area (Å²) in [4.78, 5) is 28.4. The molecule has 3 rings (SSSR count). The van der Waals surface area contributed by atoms with Gasteiger partial charge in [-0.15, -0.1) is 23.7 Å². The molecule has 0 fully saturated rings. The number of carboxylic acids is 1. The van der Waals surface area contributed by atoms with E-state index in [-0.39, 0.29) is 24.9 Å². The highest BCUT2D eigenvalue weighted by molar-refractivity contribution is 7.09. The van der Waals surface area contributed by atoms with Gasteiger partial charge >= 0.3 is 5.97 Å². The second-order valence-corrected chi connectivity index (χ2v) is 7.35. The summed E-state index contributed by atoms with van der Waals surface area (Å²) in [5.74, 6) is 0.116. The summed E-state index contributed by atoms with van der Waals surface area (Å²) in [5, 5.41) is 11.1. The first-order chi connectivity index (χ1) is 13.0. The van der Waals surface area contributed by atoms with Gasteiger partial charge in [-0.2, -0.15) is 0 Å². The molecule has 1 aliphatic heterocycles. The highest BCUT2D eigenvalue weighted by Gasteiger charge is 2.24. The summed E-state index contributed by atoms with van der Waals surface area (Å²) in [6, 6.07) is 8.55. The molecule has 7 nitrogen and oxygen atoms in total. The standard InChI is InChI=1S/C19H22N2O5S.ClH/c1-13(19(23)24)20(2)12-18(22)21(11-15-4-3-9-27-15)14-5-6-16-17(10-14)26-8-7-25-16;/h3-6,9-10,13H,7-8,11-12H2,1-2H3,(H,23,24);1H. The first-order valence-corrected chi connectivity index (χ1v) is 9.49. The van der Waals surface area contributed by atoms with Gasteiger partial charge in [-0.25, -0.2) is 0 Å². The third-order valence-corrected chi connectivity index (χ3v) is 5.30. The van der Waals surface area contributed by atoms with Gasteiger partial charge in [0.25, 0.3) is 0 Å². The molecule has 2 aromatic rings. The monoisotopic (exact) mass is 426 g/mol. The van der Waals surface area contributed by atoms with Crippen LogP contribution in [0, 0.1) is 0 Å². The van der Waals surface area contributed by atoms with Gasteiger partial charge in [-0.05, 0) is 37.6 Å². The molecule has 1 unspecified atom stereocenters. The van der Waals surface area contributed by atoms with Crippen LogP contribution in [0.3, 0.4) is 0 Å². The summed E-state index contributed by atoms with van der Waals surface area (Å²) < 4.78 is 11.2. The number of rotatable bonds is 7. The zero-order valence-electron chi connectivity index (χ0n) is 15.7. The zero-order valence-corrected chi connectivity index (χ0v) is 17.3. The van der Waals surface area contributed by atoms with E-state index in [1.54, 1.807) is 42.3 Å². The van der Waals surface area contributed by atoms with Crippen LogP contribution in [0.25, 0.3) is 0 Å². The van der Waals surface area contributed by atoms with E-state index >= 15 is 0 Å². The Labute approximate surface area is 173 Å². The lowest BCUT2D eigenvalue weighted by Gasteiger charge is -2.28. The number of amides is 1. The average Bonchev–Trinajstić information content (AvgIpc) is 3.18. The zero-order chi connectivity index (χ0) is 19.4. The number of carbonyl (C=O) groups is 2. The van der Waals surface area contributed by atoms with Gasteiger partial charge in [0.05, 0.1) is 13.1 Å². The van der Waals surface area contributed by atoms with Gasteiger partial charge in [0.2, 0.25) is 5.91 Å². The molecular weight excluding hydrogens is 404 g/mol. The maximum Gasteiger partial charge on any atom is 0.320 e. The third-order valence-electron chi connectivity index (χ3n) is 4.44. The number of thiophene rings is 1. The largest absolute Gasteiger partial charge is 0.486 e. The molecule has 0 spiro atoms. The molecule has 1 aromatic carbocycles. The SMILES string of the molecule is CC(C(=O)O)N(C)CC(=O)N(Cc1cccs1)c1ccc2c(c1)OCCO2.Cl. The Balaban J connectivity index is 0.00000280. The van der Waals surface area contributed by atoms with Crippen molar-refractivity contribution >= 4 is 41.3 Å². The Hall–Kier alpha value is -2.29. The van der Waals surface area contributed by atoms with Crippen LogP contribution >= 0.6 is 23.7 Å². The number of carboxylic acid groups (broad SMARTS) is 1. The normalized spacial score (nSPS) is 13.5. The molecule has 1 aliphatic rings. The summed E-state index contributed by atoms with van der Waals surface area (Å²) in [5.41, 5.74) is 0.689. The molecule has 28 heavy (non-hydrogen) atoms. The number of fused-ring (bicyclic) bond motifs is 1. The molecule has 1 aromatic heterocycles. The van der Waals surface area contributed by atoms with Crippen molar-refractivity contribution in [3.63, 3.8) is 0 Å². The van der Waals surface area contributed by atoms with E-state index in [0.717, 1.165) is 4.88 Å². The van der Waals surface area contributed by atoms with Gasteiger partial charge in [-0.3, -0.25) is 14.5 Å². The fraction of sp³-hybridized carbons (Fsp3) is 0.368. The molecule has 0 saturated carbocycles. The predicted octanol–water partition coefficient (Wildman–Crippen LogP) is 2.88. The first kappa shape index (κ1) is 22.0. The van der Waals surface area contributed by atoms with Crippen molar-refractivity contribution in [3.05, 3.63) is 40.6 Å². The lowest BCUT2D eigenvalue weighted by Crippen LogP contribution is -2.44. The maximum atomic E-state index is 13.0. The number of hydrogen-bond donors (Lipinski definition) is 1. The van der Waals surface area contributed by atoms with Crippen LogP contribution in [0.4, 0.5) is 5.69 Å². The second-order valence-electron chi connectivity index (χ2n) is 6.32. The van der Waals surface area contributed by atoms with Crippen molar-refractivity contribution in [3.8, 4) is 11.5 Å². The molecule has 1 N–H and O–H groups in total. The van der Waals surface area contributed by atoms with Crippen molar-refractivity contribution in [2.45, 2.75) is 19.5 Å². The van der Waals surface area contributed by atoms with E-state index in [1.807, 2.05) is 23.6 Å². The molecular formula is C19H23ClN2O5S. The fourth-order valence-electron chi connectivity index (χ4n) is 2.71. The summed E-state index contributed by atoms with van der Waals surface area (Å²) in [6.07, 6.45) is 0. The molecule has 2 heterocycles. The van der Waals surface area contributed by atoms with Crippen LogP contribution in [0.5, 0.6) is 11.5 Å². The minimum absolute atomic E-state index is 0. The van der Waals surface area contributed by atoms with E-state index in [9.17, 15) is 9.59 Å². The summed E-state index contributed by atoms with van der Waals surface area (Å²) in [7, 11) is 1.63.